The third-order valence-corrected chi connectivity index (χ3v) is 4.61. The molecule has 4 nitrogen and oxygen atoms in total. The van der Waals surface area contributed by atoms with Crippen molar-refractivity contribution in [1.29, 1.82) is 0 Å². The summed E-state index contributed by atoms with van der Waals surface area (Å²) in [5.41, 5.74) is 0.398. The van der Waals surface area contributed by atoms with Gasteiger partial charge in [-0.15, -0.1) is 0 Å². The predicted octanol–water partition coefficient (Wildman–Crippen LogP) is 2.15. The molecule has 2 unspecified atom stereocenters. The molecule has 18 heavy (non-hydrogen) atoms. The number of hydrogen-bond donors (Lipinski definition) is 1. The highest BCUT2D eigenvalue weighted by atomic mass is 31.2. The molecule has 2 aromatic rings. The summed E-state index contributed by atoms with van der Waals surface area (Å²) in [4.78, 5) is 12.0. The maximum atomic E-state index is 12.0. The van der Waals surface area contributed by atoms with Crippen molar-refractivity contribution < 1.29 is 19.0 Å². The molecule has 96 valence electrons. The molecule has 1 heterocycles. The van der Waals surface area contributed by atoms with Gasteiger partial charge in [-0.3, -0.25) is 0 Å². The van der Waals surface area contributed by atoms with Crippen LogP contribution in [-0.4, -0.2) is 11.3 Å². The Kier molecular flexibility index (Phi) is 4.02. The molecule has 0 bridgehead atoms. The van der Waals surface area contributed by atoms with Crippen LogP contribution in [0.3, 0.4) is 0 Å². The van der Waals surface area contributed by atoms with Crippen molar-refractivity contribution in [3.05, 3.63) is 60.1 Å². The van der Waals surface area contributed by atoms with Crippen molar-refractivity contribution in [2.45, 2.75) is 12.3 Å². The first-order valence-corrected chi connectivity index (χ1v) is 7.53. The normalized spacial score (nSPS) is 16.1. The predicted molar refractivity (Wildman–Crippen MR) is 66.3 cm³/mol. The molecule has 0 radical (unpaired) electrons. The molecule has 5 heteroatoms. The number of hydrogen-bond acceptors (Lipinski definition) is 4. The fourth-order valence-electron chi connectivity index (χ4n) is 1.70. The van der Waals surface area contributed by atoms with Gasteiger partial charge in [0.2, 0.25) is 0 Å². The van der Waals surface area contributed by atoms with Gasteiger partial charge in [0.25, 0.3) is 0 Å². The number of furan rings is 1. The van der Waals surface area contributed by atoms with E-state index in [1.165, 1.54) is 6.26 Å². The second-order valence-electron chi connectivity index (χ2n) is 4.06. The van der Waals surface area contributed by atoms with Crippen LogP contribution in [0.2, 0.25) is 0 Å². The van der Waals surface area contributed by atoms with Crippen LogP contribution in [0.5, 0.6) is 0 Å². The number of aliphatic hydroxyl groups is 1. The molecule has 2 atom stereocenters. The van der Waals surface area contributed by atoms with Crippen LogP contribution < -0.4 is 4.89 Å². The summed E-state index contributed by atoms with van der Waals surface area (Å²) in [6.07, 6.45) is 1.66. The first-order chi connectivity index (χ1) is 8.59. The Hall–Kier alpha value is -1.35. The number of aryl methyl sites for hydroxylation is 1. The fourth-order valence-corrected chi connectivity index (χ4v) is 3.10. The molecule has 2 rings (SSSR count). The second-order valence-corrected chi connectivity index (χ2v) is 6.45. The summed E-state index contributed by atoms with van der Waals surface area (Å²) in [6.45, 7) is 0. The van der Waals surface area contributed by atoms with Crippen molar-refractivity contribution in [3.8, 4) is 0 Å². The molecule has 1 aromatic carbocycles. The Morgan fingerprint density at radius 2 is 1.94 bits per heavy atom. The topological polar surface area (TPSA) is 73.5 Å². The first kappa shape index (κ1) is 13.1. The Balaban J connectivity index is 2.04. The van der Waals surface area contributed by atoms with Gasteiger partial charge in [-0.05, 0) is 23.9 Å². The third-order valence-electron chi connectivity index (χ3n) is 2.72. The van der Waals surface area contributed by atoms with Gasteiger partial charge in [-0.2, -0.15) is 0 Å². The molecule has 0 amide bonds. The van der Waals surface area contributed by atoms with E-state index in [9.17, 15) is 14.6 Å². The Morgan fingerprint density at radius 3 is 2.56 bits per heavy atom. The lowest BCUT2D eigenvalue weighted by Crippen LogP contribution is -2.14. The highest BCUT2D eigenvalue weighted by Crippen LogP contribution is 2.50. The maximum Gasteiger partial charge on any atom is 0.119 e. The monoisotopic (exact) mass is 265 g/mol. The van der Waals surface area contributed by atoms with Crippen LogP contribution in [0.4, 0.5) is 0 Å². The summed E-state index contributed by atoms with van der Waals surface area (Å²) in [5, 5.41) is 9.87. The van der Waals surface area contributed by atoms with E-state index in [0.717, 1.165) is 0 Å². The van der Waals surface area contributed by atoms with Gasteiger partial charge in [-0.25, -0.2) is 0 Å². The van der Waals surface area contributed by atoms with E-state index in [-0.39, 0.29) is 12.6 Å². The lowest BCUT2D eigenvalue weighted by atomic mass is 10.2. The molecular weight excluding hydrogens is 251 g/mol. The summed E-state index contributed by atoms with van der Waals surface area (Å²) < 4.78 is 17.0. The van der Waals surface area contributed by atoms with Crippen LogP contribution in [0.25, 0.3) is 0 Å². The zero-order chi connectivity index (χ0) is 13.0. The van der Waals surface area contributed by atoms with E-state index >= 15 is 0 Å². The first-order valence-electron chi connectivity index (χ1n) is 5.65. The summed E-state index contributed by atoms with van der Waals surface area (Å²) in [7, 11) is -3.90. The molecule has 0 spiro atoms. The van der Waals surface area contributed by atoms with Crippen LogP contribution in [0.15, 0.2) is 53.1 Å². The molecule has 0 saturated carbocycles. The van der Waals surface area contributed by atoms with E-state index in [4.69, 9.17) is 4.42 Å². The van der Waals surface area contributed by atoms with Crippen molar-refractivity contribution in [2.24, 2.45) is 0 Å². The van der Waals surface area contributed by atoms with Crippen LogP contribution in [0.1, 0.15) is 17.2 Å². The molecular formula is C13H14O4P-. The number of aliphatic hydroxyl groups excluding tert-OH is 1. The van der Waals surface area contributed by atoms with Gasteiger partial charge in [-0.1, -0.05) is 30.3 Å². The van der Waals surface area contributed by atoms with Gasteiger partial charge in [0, 0.05) is 13.8 Å². The van der Waals surface area contributed by atoms with E-state index in [1.807, 2.05) is 0 Å². The smallest absolute Gasteiger partial charge is 0.119 e. The molecule has 0 aliphatic heterocycles. The van der Waals surface area contributed by atoms with Gasteiger partial charge in [0.05, 0.1) is 6.26 Å². The minimum absolute atomic E-state index is 0.115. The minimum Gasteiger partial charge on any atom is -0.797 e. The van der Waals surface area contributed by atoms with Crippen molar-refractivity contribution in [1.82, 2.24) is 0 Å². The zero-order valence-electron chi connectivity index (χ0n) is 9.73. The van der Waals surface area contributed by atoms with Gasteiger partial charge < -0.3 is 19.0 Å². The standard InChI is InChI=1S/C13H15O4P/c14-13(11-5-2-1-3-6-11)18(15,16)10-8-12-7-4-9-17-12/h1-7,9,13-14H,8,10H2,(H,15,16)/p-1. The largest absolute Gasteiger partial charge is 0.797 e. The highest BCUT2D eigenvalue weighted by molar-refractivity contribution is 7.56. The van der Waals surface area contributed by atoms with E-state index in [1.54, 1.807) is 42.5 Å². The third kappa shape index (κ3) is 3.10. The van der Waals surface area contributed by atoms with Gasteiger partial charge in [0.1, 0.15) is 11.6 Å². The fraction of sp³-hybridized carbons (Fsp3) is 0.231. The number of rotatable bonds is 5. The highest BCUT2D eigenvalue weighted by Gasteiger charge is 2.21. The molecule has 0 aliphatic rings. The van der Waals surface area contributed by atoms with E-state index in [2.05, 4.69) is 0 Å². The average Bonchev–Trinajstić information content (AvgIpc) is 2.90. The molecule has 1 aromatic heterocycles. The van der Waals surface area contributed by atoms with Crippen molar-refractivity contribution in [3.63, 3.8) is 0 Å². The molecule has 0 aliphatic carbocycles. The number of benzene rings is 1. The SMILES string of the molecule is O=P([O-])(CCc1ccco1)C(O)c1ccccc1. The van der Waals surface area contributed by atoms with Crippen molar-refractivity contribution in [2.75, 3.05) is 6.16 Å². The molecule has 1 N–H and O–H groups in total. The Morgan fingerprint density at radius 1 is 1.22 bits per heavy atom. The molecule has 0 saturated heterocycles. The van der Waals surface area contributed by atoms with E-state index < -0.39 is 13.2 Å². The maximum absolute atomic E-state index is 12.0. The lowest BCUT2D eigenvalue weighted by Gasteiger charge is -2.28. The average molecular weight is 265 g/mol. The summed E-state index contributed by atoms with van der Waals surface area (Å²) in [5.74, 6) is -0.847. The summed E-state index contributed by atoms with van der Waals surface area (Å²) in [6, 6.07) is 11.8. The van der Waals surface area contributed by atoms with Gasteiger partial charge in [0.15, 0.2) is 0 Å². The Labute approximate surface area is 105 Å². The minimum atomic E-state index is -3.90. The molecule has 0 fully saturated rings. The van der Waals surface area contributed by atoms with Crippen LogP contribution >= 0.6 is 7.37 Å². The second kappa shape index (κ2) is 5.53. The van der Waals surface area contributed by atoms with Crippen molar-refractivity contribution >= 4 is 7.37 Å². The van der Waals surface area contributed by atoms with Crippen LogP contribution in [-0.2, 0) is 11.0 Å². The van der Waals surface area contributed by atoms with Gasteiger partial charge >= 0.3 is 0 Å². The van der Waals surface area contributed by atoms with E-state index in [0.29, 0.717) is 11.3 Å². The zero-order valence-corrected chi connectivity index (χ0v) is 10.6. The summed E-state index contributed by atoms with van der Waals surface area (Å²) >= 11 is 0. The lowest BCUT2D eigenvalue weighted by molar-refractivity contribution is -0.183. The quantitative estimate of drug-likeness (QED) is 0.840. The Bertz CT molecular complexity index is 521. The van der Waals surface area contributed by atoms with Crippen LogP contribution in [0, 0.1) is 0 Å².